The molecule has 0 spiro atoms. The molecule has 0 unspecified atom stereocenters. The smallest absolute Gasteiger partial charge is 0.0703 e. The first-order chi connectivity index (χ1) is 7.95. The fraction of sp³-hybridized carbons (Fsp3) is 0. The number of hydrogen-bond acceptors (Lipinski definition) is 2. The molecule has 2 heteroatoms. The lowest BCUT2D eigenvalue weighted by molar-refractivity contribution is 0.822. The third-order valence-corrected chi connectivity index (χ3v) is 3.26. The van der Waals surface area contributed by atoms with Gasteiger partial charge in [-0.25, -0.2) is 0 Å². The standard InChI is InChI=1S/C14H10N2/c1-2-6-12-10(5-1)11-7-3-4-9-8-15-16-14(12)13(9)11/h1-8,15-16H. The molecular weight excluding hydrogens is 196 g/mol. The Morgan fingerprint density at radius 3 is 2.50 bits per heavy atom. The van der Waals surface area contributed by atoms with Gasteiger partial charge in [-0.2, -0.15) is 0 Å². The van der Waals surface area contributed by atoms with E-state index in [4.69, 9.17) is 0 Å². The minimum absolute atomic E-state index is 1.20. The molecule has 4 rings (SSSR count). The Balaban J connectivity index is 2.29. The molecule has 0 bridgehead atoms. The molecule has 2 aliphatic rings. The summed E-state index contributed by atoms with van der Waals surface area (Å²) in [7, 11) is 0. The van der Waals surface area contributed by atoms with Crippen LogP contribution in [0.2, 0.25) is 0 Å². The average Bonchev–Trinajstić information content (AvgIpc) is 2.68. The van der Waals surface area contributed by atoms with Crippen molar-refractivity contribution in [2.45, 2.75) is 0 Å². The molecule has 1 aliphatic heterocycles. The van der Waals surface area contributed by atoms with Gasteiger partial charge in [0.1, 0.15) is 0 Å². The van der Waals surface area contributed by atoms with Crippen molar-refractivity contribution in [2.24, 2.45) is 0 Å². The Hall–Kier alpha value is -2.22. The fourth-order valence-electron chi connectivity index (χ4n) is 2.58. The zero-order valence-electron chi connectivity index (χ0n) is 8.62. The van der Waals surface area contributed by atoms with Crippen LogP contribution in [-0.4, -0.2) is 0 Å². The fourth-order valence-corrected chi connectivity index (χ4v) is 2.58. The van der Waals surface area contributed by atoms with E-state index in [9.17, 15) is 0 Å². The van der Waals surface area contributed by atoms with Crippen LogP contribution in [0.1, 0.15) is 5.56 Å². The van der Waals surface area contributed by atoms with Gasteiger partial charge in [-0.3, -0.25) is 0 Å². The monoisotopic (exact) mass is 206 g/mol. The number of rotatable bonds is 0. The van der Waals surface area contributed by atoms with Crippen molar-refractivity contribution in [3.05, 3.63) is 58.5 Å². The predicted octanol–water partition coefficient (Wildman–Crippen LogP) is 0.669. The van der Waals surface area contributed by atoms with E-state index in [2.05, 4.69) is 53.3 Å². The third-order valence-electron chi connectivity index (χ3n) is 3.26. The normalized spacial score (nSPS) is 14.4. The van der Waals surface area contributed by atoms with Crippen LogP contribution in [0.5, 0.6) is 0 Å². The molecule has 2 aromatic carbocycles. The van der Waals surface area contributed by atoms with Crippen LogP contribution in [-0.2, 0) is 0 Å². The second kappa shape index (κ2) is 2.67. The second-order valence-corrected chi connectivity index (χ2v) is 4.10. The van der Waals surface area contributed by atoms with Gasteiger partial charge in [0.05, 0.1) is 5.70 Å². The lowest BCUT2D eigenvalue weighted by Gasteiger charge is -2.12. The summed E-state index contributed by atoms with van der Waals surface area (Å²) < 4.78 is 0. The Kier molecular flexibility index (Phi) is 1.33. The van der Waals surface area contributed by atoms with Crippen LogP contribution in [0.3, 0.4) is 0 Å². The molecule has 2 aromatic rings. The van der Waals surface area contributed by atoms with Gasteiger partial charge in [0, 0.05) is 22.2 Å². The maximum Gasteiger partial charge on any atom is 0.0703 e. The number of hydrogen-bond donors (Lipinski definition) is 2. The molecule has 0 amide bonds. The summed E-state index contributed by atoms with van der Waals surface area (Å²) in [5.74, 6) is 0. The molecule has 16 heavy (non-hydrogen) atoms. The Bertz CT molecular complexity index is 714. The molecule has 0 radical (unpaired) electrons. The van der Waals surface area contributed by atoms with Crippen molar-refractivity contribution >= 4 is 11.9 Å². The number of hydrazine groups is 1. The van der Waals surface area contributed by atoms with Crippen LogP contribution in [0.25, 0.3) is 23.0 Å². The van der Waals surface area contributed by atoms with Crippen LogP contribution in [0, 0.1) is 0 Å². The van der Waals surface area contributed by atoms with Crippen LogP contribution in [0.15, 0.2) is 42.5 Å². The van der Waals surface area contributed by atoms with E-state index in [1.165, 1.54) is 32.8 Å². The van der Waals surface area contributed by atoms with E-state index < -0.39 is 0 Å². The summed E-state index contributed by atoms with van der Waals surface area (Å²) in [6.07, 6.45) is 2.01. The molecule has 1 aliphatic carbocycles. The zero-order valence-corrected chi connectivity index (χ0v) is 8.62. The van der Waals surface area contributed by atoms with Gasteiger partial charge >= 0.3 is 0 Å². The second-order valence-electron chi connectivity index (χ2n) is 4.10. The van der Waals surface area contributed by atoms with Crippen LogP contribution < -0.4 is 21.3 Å². The summed E-state index contributed by atoms with van der Waals surface area (Å²) in [5, 5.41) is 2.57. The first kappa shape index (κ1) is 7.99. The Morgan fingerprint density at radius 2 is 1.56 bits per heavy atom. The van der Waals surface area contributed by atoms with E-state index in [1.807, 2.05) is 6.20 Å². The molecule has 2 nitrogen and oxygen atoms in total. The van der Waals surface area contributed by atoms with Gasteiger partial charge in [0.25, 0.3) is 0 Å². The molecule has 0 aromatic heterocycles. The quantitative estimate of drug-likeness (QED) is 0.662. The molecule has 2 N–H and O–H groups in total. The van der Waals surface area contributed by atoms with Gasteiger partial charge in [-0.15, -0.1) is 0 Å². The van der Waals surface area contributed by atoms with Crippen LogP contribution in [0.4, 0.5) is 0 Å². The predicted molar refractivity (Wildman–Crippen MR) is 64.4 cm³/mol. The molecule has 0 saturated heterocycles. The topological polar surface area (TPSA) is 24.1 Å². The highest BCUT2D eigenvalue weighted by molar-refractivity contribution is 5.89. The highest BCUT2D eigenvalue weighted by Gasteiger charge is 2.20. The molecule has 0 fully saturated rings. The average molecular weight is 206 g/mol. The maximum absolute atomic E-state index is 3.24. The van der Waals surface area contributed by atoms with Crippen molar-refractivity contribution in [3.8, 4) is 11.1 Å². The van der Waals surface area contributed by atoms with Gasteiger partial charge in [-0.05, 0) is 11.1 Å². The molecule has 76 valence electrons. The summed E-state index contributed by atoms with van der Waals surface area (Å²) in [5.41, 5.74) is 11.5. The molecular formula is C14H10N2. The molecule has 0 saturated carbocycles. The number of nitrogens with one attached hydrogen (secondary N) is 2. The highest BCUT2D eigenvalue weighted by Crippen LogP contribution is 2.29. The summed E-state index contributed by atoms with van der Waals surface area (Å²) in [4.78, 5) is 0. The molecule has 0 atom stereocenters. The summed E-state index contributed by atoms with van der Waals surface area (Å²) in [6, 6.07) is 14.9. The Labute approximate surface area is 92.9 Å². The summed E-state index contributed by atoms with van der Waals surface area (Å²) in [6.45, 7) is 0. The van der Waals surface area contributed by atoms with Crippen molar-refractivity contribution in [1.29, 1.82) is 0 Å². The van der Waals surface area contributed by atoms with Gasteiger partial charge in [-0.1, -0.05) is 42.5 Å². The zero-order chi connectivity index (χ0) is 10.5. The van der Waals surface area contributed by atoms with Crippen molar-refractivity contribution in [3.63, 3.8) is 0 Å². The van der Waals surface area contributed by atoms with E-state index in [1.54, 1.807) is 0 Å². The molecule has 1 heterocycles. The maximum atomic E-state index is 3.24. The number of fused-ring (bicyclic) bond motifs is 3. The lowest BCUT2D eigenvalue weighted by Crippen LogP contribution is -2.42. The minimum atomic E-state index is 1.20. The Morgan fingerprint density at radius 1 is 0.750 bits per heavy atom. The first-order valence-electron chi connectivity index (χ1n) is 5.40. The lowest BCUT2D eigenvalue weighted by atomic mass is 10.0. The highest BCUT2D eigenvalue weighted by atomic mass is 15.4. The number of benzene rings is 2. The van der Waals surface area contributed by atoms with E-state index >= 15 is 0 Å². The SMILES string of the molecule is C1=c2cccc3c2=C(NN1)c1ccccc1-3. The van der Waals surface area contributed by atoms with E-state index in [0.29, 0.717) is 0 Å². The van der Waals surface area contributed by atoms with E-state index in [-0.39, 0.29) is 0 Å². The van der Waals surface area contributed by atoms with Gasteiger partial charge < -0.3 is 10.9 Å². The minimum Gasteiger partial charge on any atom is -0.308 e. The van der Waals surface area contributed by atoms with Crippen molar-refractivity contribution in [2.75, 3.05) is 0 Å². The van der Waals surface area contributed by atoms with Gasteiger partial charge in [0.15, 0.2) is 0 Å². The first-order valence-corrected chi connectivity index (χ1v) is 5.40. The van der Waals surface area contributed by atoms with Gasteiger partial charge in [0.2, 0.25) is 0 Å². The van der Waals surface area contributed by atoms with Crippen molar-refractivity contribution < 1.29 is 0 Å². The largest absolute Gasteiger partial charge is 0.308 e. The summed E-state index contributed by atoms with van der Waals surface area (Å²) >= 11 is 0. The van der Waals surface area contributed by atoms with Crippen LogP contribution >= 0.6 is 0 Å². The third kappa shape index (κ3) is 0.823. The van der Waals surface area contributed by atoms with Crippen molar-refractivity contribution in [1.82, 2.24) is 10.9 Å². The van der Waals surface area contributed by atoms with E-state index in [0.717, 1.165) is 0 Å².